The van der Waals surface area contributed by atoms with Crippen molar-refractivity contribution in [1.82, 2.24) is 0 Å². The minimum atomic E-state index is -0.956. The Bertz CT molecular complexity index is 515. The van der Waals surface area contributed by atoms with Crippen LogP contribution in [0.2, 0.25) is 0 Å². The molecule has 0 spiro atoms. The van der Waals surface area contributed by atoms with E-state index in [-0.39, 0.29) is 5.69 Å². The summed E-state index contributed by atoms with van der Waals surface area (Å²) < 4.78 is 13.6. The molecule has 1 aromatic rings. The zero-order chi connectivity index (χ0) is 14.0. The summed E-state index contributed by atoms with van der Waals surface area (Å²) in [6.07, 6.45) is 1.76. The molecule has 2 unspecified atom stereocenters. The maximum Gasteiger partial charge on any atom is 0.307 e. The Labute approximate surface area is 110 Å². The molecular weight excluding hydrogens is 249 g/mol. The Morgan fingerprint density at radius 3 is 2.63 bits per heavy atom. The standard InChI is InChI=1S/C14H16FNO3/c1-8-5-6-12(11(15)7-8)16-13(17)9-3-2-4-10(9)14(18)19/h5-7,9-10H,2-4H2,1H3,(H,16,17)(H,18,19). The lowest BCUT2D eigenvalue weighted by molar-refractivity contribution is -0.145. The molecule has 2 atom stereocenters. The maximum absolute atomic E-state index is 13.6. The molecule has 2 rings (SSSR count). The molecule has 5 heteroatoms. The van der Waals surface area contributed by atoms with Crippen LogP contribution in [0.5, 0.6) is 0 Å². The summed E-state index contributed by atoms with van der Waals surface area (Å²) in [6, 6.07) is 4.52. The van der Waals surface area contributed by atoms with Gasteiger partial charge in [-0.25, -0.2) is 4.39 Å². The second-order valence-corrected chi connectivity index (χ2v) is 4.95. The Hall–Kier alpha value is -1.91. The largest absolute Gasteiger partial charge is 0.481 e. The molecule has 1 fully saturated rings. The highest BCUT2D eigenvalue weighted by Crippen LogP contribution is 2.33. The lowest BCUT2D eigenvalue weighted by Crippen LogP contribution is -2.30. The molecule has 1 aliphatic rings. The minimum absolute atomic E-state index is 0.103. The first-order valence-corrected chi connectivity index (χ1v) is 6.29. The number of aliphatic carboxylic acids is 1. The van der Waals surface area contributed by atoms with Crippen molar-refractivity contribution in [2.24, 2.45) is 11.8 Å². The molecule has 0 heterocycles. The van der Waals surface area contributed by atoms with Gasteiger partial charge in [0.25, 0.3) is 0 Å². The smallest absolute Gasteiger partial charge is 0.307 e. The summed E-state index contributed by atoms with van der Waals surface area (Å²) >= 11 is 0. The fourth-order valence-electron chi connectivity index (χ4n) is 2.52. The first kappa shape index (κ1) is 13.5. The number of hydrogen-bond acceptors (Lipinski definition) is 2. The topological polar surface area (TPSA) is 66.4 Å². The molecule has 1 aromatic carbocycles. The molecule has 0 saturated heterocycles. The summed E-state index contributed by atoms with van der Waals surface area (Å²) in [4.78, 5) is 23.1. The summed E-state index contributed by atoms with van der Waals surface area (Å²) in [5.74, 6) is -3.10. The highest BCUT2D eigenvalue weighted by atomic mass is 19.1. The van der Waals surface area contributed by atoms with Crippen molar-refractivity contribution < 1.29 is 19.1 Å². The van der Waals surface area contributed by atoms with Gasteiger partial charge in [0.15, 0.2) is 0 Å². The van der Waals surface area contributed by atoms with E-state index in [2.05, 4.69) is 5.32 Å². The Morgan fingerprint density at radius 1 is 1.32 bits per heavy atom. The van der Waals surface area contributed by atoms with Crippen LogP contribution < -0.4 is 5.32 Å². The number of anilines is 1. The number of carboxylic acids is 1. The minimum Gasteiger partial charge on any atom is -0.481 e. The number of nitrogens with one attached hydrogen (secondary N) is 1. The molecule has 19 heavy (non-hydrogen) atoms. The van der Waals surface area contributed by atoms with Gasteiger partial charge >= 0.3 is 5.97 Å². The van der Waals surface area contributed by atoms with Crippen LogP contribution in [-0.2, 0) is 9.59 Å². The van der Waals surface area contributed by atoms with E-state index in [4.69, 9.17) is 5.11 Å². The maximum atomic E-state index is 13.6. The van der Waals surface area contributed by atoms with E-state index in [9.17, 15) is 14.0 Å². The fraction of sp³-hybridized carbons (Fsp3) is 0.429. The van der Waals surface area contributed by atoms with Crippen LogP contribution in [0.4, 0.5) is 10.1 Å². The fourth-order valence-corrected chi connectivity index (χ4v) is 2.52. The van der Waals surface area contributed by atoms with Gasteiger partial charge in [0, 0.05) is 0 Å². The highest BCUT2D eigenvalue weighted by Gasteiger charge is 2.37. The van der Waals surface area contributed by atoms with E-state index in [1.54, 1.807) is 13.0 Å². The first-order valence-electron chi connectivity index (χ1n) is 6.29. The number of carbonyl (C=O) groups excluding carboxylic acids is 1. The lowest BCUT2D eigenvalue weighted by Gasteiger charge is -2.16. The third-order valence-electron chi connectivity index (χ3n) is 3.55. The van der Waals surface area contributed by atoms with Crippen molar-refractivity contribution in [2.45, 2.75) is 26.2 Å². The lowest BCUT2D eigenvalue weighted by atomic mass is 9.95. The predicted octanol–water partition coefficient (Wildman–Crippen LogP) is 2.57. The van der Waals surface area contributed by atoms with Gasteiger partial charge in [0.05, 0.1) is 17.5 Å². The molecule has 2 N–H and O–H groups in total. The van der Waals surface area contributed by atoms with Crippen molar-refractivity contribution in [2.75, 3.05) is 5.32 Å². The van der Waals surface area contributed by atoms with Gasteiger partial charge in [-0.2, -0.15) is 0 Å². The SMILES string of the molecule is Cc1ccc(NC(=O)C2CCCC2C(=O)O)c(F)c1. The van der Waals surface area contributed by atoms with Crippen LogP contribution in [0.25, 0.3) is 0 Å². The monoisotopic (exact) mass is 265 g/mol. The molecule has 0 bridgehead atoms. The highest BCUT2D eigenvalue weighted by molar-refractivity contribution is 5.95. The van der Waals surface area contributed by atoms with Gasteiger partial charge < -0.3 is 10.4 Å². The molecule has 0 aliphatic heterocycles. The number of hydrogen-bond donors (Lipinski definition) is 2. The van der Waals surface area contributed by atoms with Gasteiger partial charge in [-0.15, -0.1) is 0 Å². The molecule has 0 radical (unpaired) electrons. The van der Waals surface area contributed by atoms with E-state index in [1.807, 2.05) is 0 Å². The summed E-state index contributed by atoms with van der Waals surface area (Å²) in [5, 5.41) is 11.5. The third-order valence-corrected chi connectivity index (χ3v) is 3.55. The normalized spacial score (nSPS) is 22.2. The average molecular weight is 265 g/mol. The van der Waals surface area contributed by atoms with Crippen LogP contribution in [0.1, 0.15) is 24.8 Å². The van der Waals surface area contributed by atoms with Crippen molar-refractivity contribution in [1.29, 1.82) is 0 Å². The van der Waals surface area contributed by atoms with E-state index in [1.165, 1.54) is 12.1 Å². The summed E-state index contributed by atoms with van der Waals surface area (Å²) in [6.45, 7) is 1.76. The van der Waals surface area contributed by atoms with E-state index < -0.39 is 29.5 Å². The zero-order valence-corrected chi connectivity index (χ0v) is 10.6. The van der Waals surface area contributed by atoms with Crippen molar-refractivity contribution in [3.05, 3.63) is 29.6 Å². The molecule has 1 aliphatic carbocycles. The second-order valence-electron chi connectivity index (χ2n) is 4.95. The van der Waals surface area contributed by atoms with Gasteiger partial charge in [-0.05, 0) is 37.5 Å². The molecule has 1 amide bonds. The zero-order valence-electron chi connectivity index (χ0n) is 10.6. The van der Waals surface area contributed by atoms with Gasteiger partial charge in [0.2, 0.25) is 5.91 Å². The third kappa shape index (κ3) is 2.92. The van der Waals surface area contributed by atoms with Crippen LogP contribution in [0.15, 0.2) is 18.2 Å². The molecule has 102 valence electrons. The van der Waals surface area contributed by atoms with E-state index in [0.717, 1.165) is 5.56 Å². The molecule has 0 aromatic heterocycles. The number of aryl methyl sites for hydroxylation is 1. The molecule has 4 nitrogen and oxygen atoms in total. The van der Waals surface area contributed by atoms with Crippen molar-refractivity contribution >= 4 is 17.6 Å². The van der Waals surface area contributed by atoms with Crippen molar-refractivity contribution in [3.63, 3.8) is 0 Å². The quantitative estimate of drug-likeness (QED) is 0.882. The molecule has 1 saturated carbocycles. The number of rotatable bonds is 3. The van der Waals surface area contributed by atoms with E-state index in [0.29, 0.717) is 19.3 Å². The van der Waals surface area contributed by atoms with Crippen LogP contribution in [-0.4, -0.2) is 17.0 Å². The van der Waals surface area contributed by atoms with E-state index >= 15 is 0 Å². The Kier molecular flexibility index (Phi) is 3.83. The second kappa shape index (κ2) is 5.38. The number of carboxylic acid groups (broad SMARTS) is 1. The van der Waals surface area contributed by atoms with Gasteiger partial charge in [0.1, 0.15) is 5.82 Å². The summed E-state index contributed by atoms with van der Waals surface area (Å²) in [5.41, 5.74) is 0.867. The number of halogens is 1. The van der Waals surface area contributed by atoms with Crippen LogP contribution in [0.3, 0.4) is 0 Å². The number of amides is 1. The summed E-state index contributed by atoms with van der Waals surface area (Å²) in [7, 11) is 0. The average Bonchev–Trinajstić information content (AvgIpc) is 2.82. The van der Waals surface area contributed by atoms with Gasteiger partial charge in [-0.3, -0.25) is 9.59 Å². The molecular formula is C14H16FNO3. The Morgan fingerprint density at radius 2 is 2.00 bits per heavy atom. The number of benzene rings is 1. The van der Waals surface area contributed by atoms with Gasteiger partial charge in [-0.1, -0.05) is 12.5 Å². The van der Waals surface area contributed by atoms with Crippen LogP contribution >= 0.6 is 0 Å². The first-order chi connectivity index (χ1) is 8.99. The number of carbonyl (C=O) groups is 2. The van der Waals surface area contributed by atoms with Crippen LogP contribution in [0, 0.1) is 24.6 Å². The predicted molar refractivity (Wildman–Crippen MR) is 68.2 cm³/mol. The van der Waals surface area contributed by atoms with Crippen molar-refractivity contribution in [3.8, 4) is 0 Å². The Balaban J connectivity index is 2.10.